The second kappa shape index (κ2) is 3.98. The third kappa shape index (κ3) is 1.85. The number of aliphatic hydroxyl groups is 1. The number of aromatic hydroxyl groups is 1. The molecule has 0 saturated carbocycles. The van der Waals surface area contributed by atoms with Gasteiger partial charge in [0.25, 0.3) is 0 Å². The van der Waals surface area contributed by atoms with Crippen molar-refractivity contribution in [3.63, 3.8) is 0 Å². The predicted molar refractivity (Wildman–Crippen MR) is 54.3 cm³/mol. The number of rotatable bonds is 1. The number of phenolic OH excluding ortho intramolecular Hbond substituents is 1. The zero-order chi connectivity index (χ0) is 10.8. The smallest absolute Gasteiger partial charge is 0.203 e. The maximum absolute atomic E-state index is 9.87. The summed E-state index contributed by atoms with van der Waals surface area (Å²) in [6, 6.07) is 3.36. The molecule has 1 unspecified atom stereocenters. The fourth-order valence-corrected chi connectivity index (χ4v) is 1.57. The van der Waals surface area contributed by atoms with Crippen LogP contribution in [0.2, 0.25) is 0 Å². The highest BCUT2D eigenvalue weighted by Crippen LogP contribution is 2.42. The van der Waals surface area contributed by atoms with E-state index >= 15 is 0 Å². The number of aliphatic hydroxyl groups excluding tert-OH is 1. The number of phenols is 1. The van der Waals surface area contributed by atoms with Gasteiger partial charge in [0.1, 0.15) is 0 Å². The highest BCUT2D eigenvalue weighted by Gasteiger charge is 2.19. The maximum Gasteiger partial charge on any atom is 0.203 e. The molecule has 1 aromatic rings. The fraction of sp³-hybridized carbons (Fsp3) is 0.455. The van der Waals surface area contributed by atoms with Crippen LogP contribution in [0.5, 0.6) is 17.2 Å². The van der Waals surface area contributed by atoms with Crippen molar-refractivity contribution in [2.24, 2.45) is 0 Å². The molecule has 0 fully saturated rings. The van der Waals surface area contributed by atoms with Crippen LogP contribution in [0.3, 0.4) is 0 Å². The van der Waals surface area contributed by atoms with Crippen LogP contribution in [0, 0.1) is 0 Å². The van der Waals surface area contributed by atoms with E-state index in [-0.39, 0.29) is 5.75 Å². The molecule has 1 aliphatic rings. The van der Waals surface area contributed by atoms with Crippen molar-refractivity contribution in [1.29, 1.82) is 0 Å². The largest absolute Gasteiger partial charge is 0.504 e. The van der Waals surface area contributed by atoms with Gasteiger partial charge in [-0.1, -0.05) is 0 Å². The summed E-state index contributed by atoms with van der Waals surface area (Å²) >= 11 is 0. The molecule has 82 valence electrons. The number of fused-ring (bicyclic) bond motifs is 1. The molecule has 2 rings (SSSR count). The first-order valence-corrected chi connectivity index (χ1v) is 4.99. The minimum absolute atomic E-state index is 0.0237. The van der Waals surface area contributed by atoms with Gasteiger partial charge in [-0.2, -0.15) is 0 Å². The van der Waals surface area contributed by atoms with Crippen molar-refractivity contribution < 1.29 is 19.7 Å². The molecule has 0 spiro atoms. The minimum Gasteiger partial charge on any atom is -0.504 e. The maximum atomic E-state index is 9.87. The lowest BCUT2D eigenvalue weighted by atomic mass is 10.1. The number of benzene rings is 1. The summed E-state index contributed by atoms with van der Waals surface area (Å²) in [7, 11) is 0. The van der Waals surface area contributed by atoms with Gasteiger partial charge in [0, 0.05) is 12.0 Å². The number of hydrogen-bond donors (Lipinski definition) is 2. The summed E-state index contributed by atoms with van der Waals surface area (Å²) in [6.07, 6.45) is 0.0696. The quantitative estimate of drug-likeness (QED) is 0.739. The average molecular weight is 210 g/mol. The van der Waals surface area contributed by atoms with Gasteiger partial charge in [-0.15, -0.1) is 0 Å². The Hall–Kier alpha value is -1.42. The summed E-state index contributed by atoms with van der Waals surface area (Å²) in [6.45, 7) is 2.70. The molecule has 0 saturated heterocycles. The molecule has 4 nitrogen and oxygen atoms in total. The molecule has 0 amide bonds. The van der Waals surface area contributed by atoms with Crippen LogP contribution >= 0.6 is 0 Å². The van der Waals surface area contributed by atoms with Crippen LogP contribution in [0.1, 0.15) is 25.0 Å². The standard InChI is InChI=1S/C11H14O4/c1-7(12)8-3-4-9-11(10(8)13)15-6-2-5-14-9/h3-4,7,12-13H,2,5-6H2,1H3. The molecule has 1 aliphatic heterocycles. The fourth-order valence-electron chi connectivity index (χ4n) is 1.57. The van der Waals surface area contributed by atoms with Crippen LogP contribution in [-0.2, 0) is 0 Å². The van der Waals surface area contributed by atoms with E-state index in [0.29, 0.717) is 30.3 Å². The van der Waals surface area contributed by atoms with Crippen molar-refractivity contribution in [2.45, 2.75) is 19.4 Å². The van der Waals surface area contributed by atoms with E-state index in [9.17, 15) is 10.2 Å². The summed E-state index contributed by atoms with van der Waals surface area (Å²) in [4.78, 5) is 0. The van der Waals surface area contributed by atoms with Crippen LogP contribution in [0.4, 0.5) is 0 Å². The molecular weight excluding hydrogens is 196 g/mol. The summed E-state index contributed by atoms with van der Waals surface area (Å²) in [5.74, 6) is 0.852. The Labute approximate surface area is 88.1 Å². The van der Waals surface area contributed by atoms with Gasteiger partial charge >= 0.3 is 0 Å². The Balaban J connectivity index is 2.46. The lowest BCUT2D eigenvalue weighted by Gasteiger charge is -2.13. The molecule has 4 heteroatoms. The Kier molecular flexibility index (Phi) is 2.68. The third-order valence-corrected chi connectivity index (χ3v) is 2.37. The van der Waals surface area contributed by atoms with E-state index in [0.717, 1.165) is 6.42 Å². The lowest BCUT2D eigenvalue weighted by Crippen LogP contribution is -1.98. The Morgan fingerprint density at radius 2 is 2.00 bits per heavy atom. The van der Waals surface area contributed by atoms with E-state index in [2.05, 4.69) is 0 Å². The van der Waals surface area contributed by atoms with Crippen LogP contribution < -0.4 is 9.47 Å². The highest BCUT2D eigenvalue weighted by atomic mass is 16.5. The van der Waals surface area contributed by atoms with Gasteiger partial charge in [0.15, 0.2) is 11.5 Å². The Morgan fingerprint density at radius 1 is 1.27 bits per heavy atom. The first-order chi connectivity index (χ1) is 7.20. The number of ether oxygens (including phenoxy) is 2. The van der Waals surface area contributed by atoms with E-state index in [1.54, 1.807) is 19.1 Å². The summed E-state index contributed by atoms with van der Waals surface area (Å²) in [5.41, 5.74) is 0.458. The topological polar surface area (TPSA) is 58.9 Å². The van der Waals surface area contributed by atoms with Gasteiger partial charge in [0.05, 0.1) is 19.3 Å². The molecule has 0 aromatic heterocycles. The van der Waals surface area contributed by atoms with Crippen molar-refractivity contribution in [2.75, 3.05) is 13.2 Å². The molecule has 1 heterocycles. The van der Waals surface area contributed by atoms with Crippen LogP contribution in [-0.4, -0.2) is 23.4 Å². The summed E-state index contributed by atoms with van der Waals surface area (Å²) in [5, 5.41) is 19.3. The van der Waals surface area contributed by atoms with Gasteiger partial charge in [-0.05, 0) is 19.1 Å². The minimum atomic E-state index is -0.720. The zero-order valence-electron chi connectivity index (χ0n) is 8.56. The molecule has 0 radical (unpaired) electrons. The molecule has 2 N–H and O–H groups in total. The Morgan fingerprint density at radius 3 is 2.73 bits per heavy atom. The molecule has 0 aliphatic carbocycles. The lowest BCUT2D eigenvalue weighted by molar-refractivity contribution is 0.193. The molecule has 1 aromatic carbocycles. The summed E-state index contributed by atoms with van der Waals surface area (Å²) < 4.78 is 10.8. The van der Waals surface area contributed by atoms with E-state index in [1.807, 2.05) is 0 Å². The van der Waals surface area contributed by atoms with E-state index in [1.165, 1.54) is 0 Å². The van der Waals surface area contributed by atoms with Crippen molar-refractivity contribution >= 4 is 0 Å². The SMILES string of the molecule is CC(O)c1ccc2c(c1O)OCCCO2. The second-order valence-corrected chi connectivity index (χ2v) is 3.56. The zero-order valence-corrected chi connectivity index (χ0v) is 8.56. The van der Waals surface area contributed by atoms with Crippen LogP contribution in [0.25, 0.3) is 0 Å². The molecule has 0 bridgehead atoms. The van der Waals surface area contributed by atoms with E-state index < -0.39 is 6.10 Å². The third-order valence-electron chi connectivity index (χ3n) is 2.37. The second-order valence-electron chi connectivity index (χ2n) is 3.56. The molecule has 15 heavy (non-hydrogen) atoms. The average Bonchev–Trinajstić information content (AvgIpc) is 2.43. The molecule has 1 atom stereocenters. The van der Waals surface area contributed by atoms with E-state index in [4.69, 9.17) is 9.47 Å². The van der Waals surface area contributed by atoms with Gasteiger partial charge in [-0.25, -0.2) is 0 Å². The van der Waals surface area contributed by atoms with Gasteiger partial charge in [0.2, 0.25) is 5.75 Å². The van der Waals surface area contributed by atoms with Crippen molar-refractivity contribution in [3.8, 4) is 17.2 Å². The predicted octanol–water partition coefficient (Wildman–Crippen LogP) is 1.61. The van der Waals surface area contributed by atoms with Crippen molar-refractivity contribution in [3.05, 3.63) is 17.7 Å². The first-order valence-electron chi connectivity index (χ1n) is 4.99. The highest BCUT2D eigenvalue weighted by molar-refractivity contribution is 5.55. The first kappa shape index (κ1) is 10.1. The van der Waals surface area contributed by atoms with Gasteiger partial charge < -0.3 is 19.7 Å². The normalized spacial score (nSPS) is 16.9. The van der Waals surface area contributed by atoms with Gasteiger partial charge in [-0.3, -0.25) is 0 Å². The Bertz CT molecular complexity index is 360. The number of hydrogen-bond acceptors (Lipinski definition) is 4. The van der Waals surface area contributed by atoms with Crippen molar-refractivity contribution in [1.82, 2.24) is 0 Å². The molecular formula is C11H14O4. The van der Waals surface area contributed by atoms with Crippen LogP contribution in [0.15, 0.2) is 12.1 Å². The monoisotopic (exact) mass is 210 g/mol.